The van der Waals surface area contributed by atoms with E-state index in [4.69, 9.17) is 5.73 Å². The molecule has 0 saturated heterocycles. The van der Waals surface area contributed by atoms with Crippen LogP contribution in [0.1, 0.15) is 19.5 Å². The summed E-state index contributed by atoms with van der Waals surface area (Å²) in [6.07, 6.45) is 1.80. The summed E-state index contributed by atoms with van der Waals surface area (Å²) in [5, 5.41) is 3.23. The number of anilines is 2. The lowest BCUT2D eigenvalue weighted by Gasteiger charge is -2.10. The number of nitrogens with one attached hydrogen (secondary N) is 1. The number of nitrogen functional groups attached to an aromatic ring is 1. The lowest BCUT2D eigenvalue weighted by Crippen LogP contribution is -2.10. The number of nitrogens with two attached hydrogens (primary N) is 1. The van der Waals surface area contributed by atoms with Crippen molar-refractivity contribution in [3.8, 4) is 0 Å². The maximum absolute atomic E-state index is 5.69. The van der Waals surface area contributed by atoms with Crippen LogP contribution < -0.4 is 11.1 Å². The van der Waals surface area contributed by atoms with Gasteiger partial charge in [-0.15, -0.1) is 0 Å². The van der Waals surface area contributed by atoms with E-state index in [0.29, 0.717) is 6.04 Å². The number of aromatic nitrogens is 1. The zero-order valence-electron chi connectivity index (χ0n) is 7.76. The van der Waals surface area contributed by atoms with Crippen LogP contribution in [-0.2, 0) is 0 Å². The van der Waals surface area contributed by atoms with Crippen LogP contribution >= 0.6 is 0 Å². The normalized spacial score (nSPS) is 10.3. The third-order valence-corrected chi connectivity index (χ3v) is 1.58. The third kappa shape index (κ3) is 2.12. The highest BCUT2D eigenvalue weighted by atomic mass is 14.9. The summed E-state index contributed by atoms with van der Waals surface area (Å²) in [6, 6.07) is 2.32. The Morgan fingerprint density at radius 2 is 2.17 bits per heavy atom. The van der Waals surface area contributed by atoms with Crippen molar-refractivity contribution in [3.63, 3.8) is 0 Å². The molecule has 3 heteroatoms. The highest BCUT2D eigenvalue weighted by molar-refractivity contribution is 5.55. The summed E-state index contributed by atoms with van der Waals surface area (Å²) in [6.45, 7) is 6.06. The minimum Gasteiger partial charge on any atom is -0.397 e. The monoisotopic (exact) mass is 165 g/mol. The lowest BCUT2D eigenvalue weighted by atomic mass is 10.3. The second-order valence-electron chi connectivity index (χ2n) is 3.20. The molecule has 3 N–H and O–H groups in total. The molecule has 0 spiro atoms. The Morgan fingerprint density at radius 1 is 1.50 bits per heavy atom. The maximum Gasteiger partial charge on any atom is 0.0603 e. The standard InChI is InChI=1S/C9H15N3/c1-6(2)12-8-4-9(10)7(3)11-5-8/h4-6,12H,10H2,1-3H3. The molecular weight excluding hydrogens is 150 g/mol. The van der Waals surface area contributed by atoms with E-state index in [0.717, 1.165) is 17.1 Å². The molecule has 0 radical (unpaired) electrons. The smallest absolute Gasteiger partial charge is 0.0603 e. The van der Waals surface area contributed by atoms with E-state index in [1.165, 1.54) is 0 Å². The van der Waals surface area contributed by atoms with Gasteiger partial charge in [-0.2, -0.15) is 0 Å². The van der Waals surface area contributed by atoms with Crippen molar-refractivity contribution >= 4 is 11.4 Å². The van der Waals surface area contributed by atoms with Crippen LogP contribution in [0.15, 0.2) is 12.3 Å². The molecule has 0 saturated carbocycles. The number of aryl methyl sites for hydroxylation is 1. The van der Waals surface area contributed by atoms with E-state index < -0.39 is 0 Å². The van der Waals surface area contributed by atoms with Crippen LogP contribution in [0.4, 0.5) is 11.4 Å². The summed E-state index contributed by atoms with van der Waals surface area (Å²) >= 11 is 0. The fraction of sp³-hybridized carbons (Fsp3) is 0.444. The van der Waals surface area contributed by atoms with Gasteiger partial charge in [-0.3, -0.25) is 4.98 Å². The van der Waals surface area contributed by atoms with E-state index >= 15 is 0 Å². The van der Waals surface area contributed by atoms with Gasteiger partial charge in [0.1, 0.15) is 0 Å². The molecule has 0 aliphatic carbocycles. The fourth-order valence-corrected chi connectivity index (χ4v) is 0.962. The predicted octanol–water partition coefficient (Wildman–Crippen LogP) is 1.79. The predicted molar refractivity (Wildman–Crippen MR) is 52.1 cm³/mol. The molecule has 66 valence electrons. The average molecular weight is 165 g/mol. The molecule has 12 heavy (non-hydrogen) atoms. The van der Waals surface area contributed by atoms with E-state index in [1.807, 2.05) is 13.0 Å². The number of hydrogen-bond acceptors (Lipinski definition) is 3. The number of rotatable bonds is 2. The van der Waals surface area contributed by atoms with Gasteiger partial charge >= 0.3 is 0 Å². The molecule has 0 bridgehead atoms. The van der Waals surface area contributed by atoms with Gasteiger partial charge in [0.15, 0.2) is 0 Å². The molecule has 0 unspecified atom stereocenters. The van der Waals surface area contributed by atoms with Gasteiger partial charge < -0.3 is 11.1 Å². The highest BCUT2D eigenvalue weighted by Gasteiger charge is 1.98. The van der Waals surface area contributed by atoms with Gasteiger partial charge in [-0.05, 0) is 26.8 Å². The average Bonchev–Trinajstić information content (AvgIpc) is 1.96. The number of pyridine rings is 1. The topological polar surface area (TPSA) is 50.9 Å². The van der Waals surface area contributed by atoms with Crippen molar-refractivity contribution in [1.29, 1.82) is 0 Å². The van der Waals surface area contributed by atoms with Crippen molar-refractivity contribution in [2.45, 2.75) is 26.8 Å². The Morgan fingerprint density at radius 3 is 2.67 bits per heavy atom. The SMILES string of the molecule is Cc1ncc(NC(C)C)cc1N. The lowest BCUT2D eigenvalue weighted by molar-refractivity contribution is 0.897. The molecule has 1 heterocycles. The van der Waals surface area contributed by atoms with Gasteiger partial charge in [0.2, 0.25) is 0 Å². The molecule has 1 rings (SSSR count). The van der Waals surface area contributed by atoms with Crippen LogP contribution in [0, 0.1) is 6.92 Å². The first-order valence-electron chi connectivity index (χ1n) is 4.08. The molecule has 0 aliphatic rings. The quantitative estimate of drug-likeness (QED) is 0.702. The van der Waals surface area contributed by atoms with Crippen molar-refractivity contribution in [1.82, 2.24) is 4.98 Å². The number of hydrogen-bond donors (Lipinski definition) is 2. The zero-order chi connectivity index (χ0) is 9.14. The van der Waals surface area contributed by atoms with E-state index in [1.54, 1.807) is 6.20 Å². The second kappa shape index (κ2) is 3.43. The van der Waals surface area contributed by atoms with Gasteiger partial charge in [0.25, 0.3) is 0 Å². The van der Waals surface area contributed by atoms with E-state index in [9.17, 15) is 0 Å². The van der Waals surface area contributed by atoms with Crippen molar-refractivity contribution in [2.75, 3.05) is 11.1 Å². The van der Waals surface area contributed by atoms with Crippen LogP contribution in [0.25, 0.3) is 0 Å². The molecule has 0 amide bonds. The first-order valence-corrected chi connectivity index (χ1v) is 4.08. The number of nitrogens with zero attached hydrogens (tertiary/aromatic N) is 1. The van der Waals surface area contributed by atoms with Crippen LogP contribution in [0.2, 0.25) is 0 Å². The highest BCUT2D eigenvalue weighted by Crippen LogP contribution is 2.14. The van der Waals surface area contributed by atoms with E-state index in [-0.39, 0.29) is 0 Å². The minimum absolute atomic E-state index is 0.411. The minimum atomic E-state index is 0.411. The molecule has 3 nitrogen and oxygen atoms in total. The first-order chi connectivity index (χ1) is 5.59. The Hall–Kier alpha value is -1.25. The third-order valence-electron chi connectivity index (χ3n) is 1.58. The molecule has 0 fully saturated rings. The van der Waals surface area contributed by atoms with Crippen LogP contribution in [0.5, 0.6) is 0 Å². The van der Waals surface area contributed by atoms with Crippen LogP contribution in [0.3, 0.4) is 0 Å². The summed E-state index contributed by atoms with van der Waals surface area (Å²) in [7, 11) is 0. The molecule has 0 aliphatic heterocycles. The Labute approximate surface area is 73.0 Å². The Balaban J connectivity index is 2.82. The largest absolute Gasteiger partial charge is 0.397 e. The fourth-order valence-electron chi connectivity index (χ4n) is 0.962. The van der Waals surface area contributed by atoms with Gasteiger partial charge in [-0.25, -0.2) is 0 Å². The Bertz CT molecular complexity index is 268. The van der Waals surface area contributed by atoms with Gasteiger partial charge in [0, 0.05) is 6.04 Å². The molecule has 0 atom stereocenters. The van der Waals surface area contributed by atoms with Gasteiger partial charge in [0.05, 0.1) is 23.3 Å². The molecule has 1 aromatic rings. The van der Waals surface area contributed by atoms with Crippen molar-refractivity contribution < 1.29 is 0 Å². The van der Waals surface area contributed by atoms with Crippen LogP contribution in [-0.4, -0.2) is 11.0 Å². The summed E-state index contributed by atoms with van der Waals surface area (Å²) < 4.78 is 0. The van der Waals surface area contributed by atoms with Crippen molar-refractivity contribution in [3.05, 3.63) is 18.0 Å². The van der Waals surface area contributed by atoms with Gasteiger partial charge in [-0.1, -0.05) is 0 Å². The molecule has 0 aromatic carbocycles. The van der Waals surface area contributed by atoms with E-state index in [2.05, 4.69) is 24.1 Å². The maximum atomic E-state index is 5.69. The summed E-state index contributed by atoms with van der Waals surface area (Å²) in [4.78, 5) is 4.14. The summed E-state index contributed by atoms with van der Waals surface area (Å²) in [5.41, 5.74) is 8.29. The van der Waals surface area contributed by atoms with Crippen molar-refractivity contribution in [2.24, 2.45) is 0 Å². The summed E-state index contributed by atoms with van der Waals surface area (Å²) in [5.74, 6) is 0. The molecular formula is C9H15N3. The Kier molecular flexibility index (Phi) is 2.53. The molecule has 1 aromatic heterocycles. The zero-order valence-corrected chi connectivity index (χ0v) is 7.76. The second-order valence-corrected chi connectivity index (χ2v) is 3.20. The first kappa shape index (κ1) is 8.84.